The standard InChI is InChI=1S/C14H17NO2/c16-12-6-9-15(10-12)13(17)14(7-8-14)11-4-2-1-3-5-11/h1-5,12,16H,6-10H2/t12-/m0/s1. The molecule has 2 aliphatic rings. The molecule has 1 aliphatic carbocycles. The number of aliphatic hydroxyl groups excluding tert-OH is 1. The summed E-state index contributed by atoms with van der Waals surface area (Å²) >= 11 is 0. The summed E-state index contributed by atoms with van der Waals surface area (Å²) in [6, 6.07) is 10.0. The van der Waals surface area contributed by atoms with Crippen molar-refractivity contribution in [3.63, 3.8) is 0 Å². The number of hydrogen-bond acceptors (Lipinski definition) is 2. The van der Waals surface area contributed by atoms with Gasteiger partial charge in [-0.2, -0.15) is 0 Å². The molecule has 0 aromatic heterocycles. The number of rotatable bonds is 2. The number of aliphatic hydroxyl groups is 1. The quantitative estimate of drug-likeness (QED) is 0.833. The Morgan fingerprint density at radius 2 is 2.00 bits per heavy atom. The summed E-state index contributed by atoms with van der Waals surface area (Å²) in [6.45, 7) is 1.21. The fraction of sp³-hybridized carbons (Fsp3) is 0.500. The molecule has 3 rings (SSSR count). The Morgan fingerprint density at radius 1 is 1.29 bits per heavy atom. The van der Waals surface area contributed by atoms with Gasteiger partial charge in [0.1, 0.15) is 0 Å². The largest absolute Gasteiger partial charge is 0.391 e. The zero-order valence-corrected chi connectivity index (χ0v) is 9.80. The number of hydrogen-bond donors (Lipinski definition) is 1. The van der Waals surface area contributed by atoms with Gasteiger partial charge in [0.05, 0.1) is 11.5 Å². The van der Waals surface area contributed by atoms with E-state index in [4.69, 9.17) is 0 Å². The highest BCUT2D eigenvalue weighted by molar-refractivity contribution is 5.91. The molecule has 3 heteroatoms. The number of amides is 1. The van der Waals surface area contributed by atoms with Crippen LogP contribution in [0.25, 0.3) is 0 Å². The molecule has 0 unspecified atom stereocenters. The zero-order chi connectivity index (χ0) is 11.9. The summed E-state index contributed by atoms with van der Waals surface area (Å²) in [4.78, 5) is 14.3. The number of likely N-dealkylation sites (tertiary alicyclic amines) is 1. The Balaban J connectivity index is 1.82. The van der Waals surface area contributed by atoms with Crippen molar-refractivity contribution in [3.8, 4) is 0 Å². The van der Waals surface area contributed by atoms with Crippen LogP contribution in [-0.4, -0.2) is 35.1 Å². The Hall–Kier alpha value is -1.35. The van der Waals surface area contributed by atoms with E-state index in [1.807, 2.05) is 35.2 Å². The molecule has 17 heavy (non-hydrogen) atoms. The fourth-order valence-electron chi connectivity index (χ4n) is 2.74. The fourth-order valence-corrected chi connectivity index (χ4v) is 2.74. The van der Waals surface area contributed by atoms with Crippen LogP contribution in [-0.2, 0) is 10.2 Å². The van der Waals surface area contributed by atoms with Crippen molar-refractivity contribution in [2.45, 2.75) is 30.8 Å². The van der Waals surface area contributed by atoms with E-state index < -0.39 is 0 Å². The van der Waals surface area contributed by atoms with Gasteiger partial charge >= 0.3 is 0 Å². The zero-order valence-electron chi connectivity index (χ0n) is 9.80. The van der Waals surface area contributed by atoms with Gasteiger partial charge in [-0.3, -0.25) is 4.79 Å². The molecular formula is C14H17NO2. The van der Waals surface area contributed by atoms with Crippen LogP contribution in [0.15, 0.2) is 30.3 Å². The first kappa shape index (κ1) is 10.8. The van der Waals surface area contributed by atoms with E-state index in [1.165, 1.54) is 0 Å². The predicted octanol–water partition coefficient (Wildman–Crippen LogP) is 1.31. The maximum absolute atomic E-state index is 12.5. The molecule has 1 saturated carbocycles. The van der Waals surface area contributed by atoms with Crippen molar-refractivity contribution in [1.29, 1.82) is 0 Å². The van der Waals surface area contributed by atoms with Crippen molar-refractivity contribution in [2.75, 3.05) is 13.1 Å². The van der Waals surface area contributed by atoms with Crippen LogP contribution >= 0.6 is 0 Å². The van der Waals surface area contributed by atoms with Gasteiger partial charge in [-0.25, -0.2) is 0 Å². The lowest BCUT2D eigenvalue weighted by Crippen LogP contribution is -2.38. The van der Waals surface area contributed by atoms with Crippen LogP contribution in [0.1, 0.15) is 24.8 Å². The van der Waals surface area contributed by atoms with Crippen LogP contribution in [0.3, 0.4) is 0 Å². The van der Waals surface area contributed by atoms with E-state index in [9.17, 15) is 9.90 Å². The SMILES string of the molecule is O=C(N1CC[C@H](O)C1)C1(c2ccccc2)CC1. The number of carbonyl (C=O) groups is 1. The molecule has 1 amide bonds. The van der Waals surface area contributed by atoms with E-state index in [1.54, 1.807) is 0 Å². The predicted molar refractivity (Wildman–Crippen MR) is 64.6 cm³/mol. The van der Waals surface area contributed by atoms with E-state index in [0.29, 0.717) is 13.1 Å². The molecule has 0 spiro atoms. The van der Waals surface area contributed by atoms with E-state index in [-0.39, 0.29) is 17.4 Å². The van der Waals surface area contributed by atoms with Gasteiger partial charge in [-0.15, -0.1) is 0 Å². The maximum Gasteiger partial charge on any atom is 0.233 e. The van der Waals surface area contributed by atoms with Crippen molar-refractivity contribution in [2.24, 2.45) is 0 Å². The number of carbonyl (C=O) groups excluding carboxylic acids is 1. The minimum atomic E-state index is -0.328. The number of β-amino-alcohol motifs (C(OH)–C–C–N with tert-alkyl or cyclic N) is 1. The van der Waals surface area contributed by atoms with Gasteiger partial charge < -0.3 is 10.0 Å². The summed E-state index contributed by atoms with van der Waals surface area (Å²) in [7, 11) is 0. The molecule has 3 nitrogen and oxygen atoms in total. The van der Waals surface area contributed by atoms with Crippen LogP contribution in [0.2, 0.25) is 0 Å². The summed E-state index contributed by atoms with van der Waals surface area (Å²) in [5, 5.41) is 9.51. The van der Waals surface area contributed by atoms with E-state index in [0.717, 1.165) is 24.8 Å². The summed E-state index contributed by atoms with van der Waals surface area (Å²) in [5.41, 5.74) is 0.858. The Bertz CT molecular complexity index is 425. The van der Waals surface area contributed by atoms with Crippen molar-refractivity contribution in [3.05, 3.63) is 35.9 Å². The van der Waals surface area contributed by atoms with Crippen LogP contribution in [0.4, 0.5) is 0 Å². The Kier molecular flexibility index (Phi) is 2.44. The molecule has 90 valence electrons. The van der Waals surface area contributed by atoms with Crippen LogP contribution < -0.4 is 0 Å². The maximum atomic E-state index is 12.5. The molecule has 1 saturated heterocycles. The average Bonchev–Trinajstić information content (AvgIpc) is 3.07. The smallest absolute Gasteiger partial charge is 0.233 e. The van der Waals surface area contributed by atoms with Gasteiger partial charge in [0.15, 0.2) is 0 Å². The van der Waals surface area contributed by atoms with Crippen LogP contribution in [0.5, 0.6) is 0 Å². The lowest BCUT2D eigenvalue weighted by molar-refractivity contribution is -0.133. The molecule has 1 N–H and O–H groups in total. The molecule has 2 fully saturated rings. The Morgan fingerprint density at radius 3 is 2.53 bits per heavy atom. The highest BCUT2D eigenvalue weighted by atomic mass is 16.3. The molecule has 1 aromatic carbocycles. The van der Waals surface area contributed by atoms with Gasteiger partial charge in [0, 0.05) is 13.1 Å². The van der Waals surface area contributed by atoms with Gasteiger partial charge in [-0.05, 0) is 24.8 Å². The summed E-state index contributed by atoms with van der Waals surface area (Å²) < 4.78 is 0. The third-order valence-corrected chi connectivity index (χ3v) is 3.94. The highest BCUT2D eigenvalue weighted by Crippen LogP contribution is 2.49. The van der Waals surface area contributed by atoms with Crippen LogP contribution in [0, 0.1) is 0 Å². The first-order chi connectivity index (χ1) is 8.22. The third-order valence-electron chi connectivity index (χ3n) is 3.94. The minimum Gasteiger partial charge on any atom is -0.391 e. The van der Waals surface area contributed by atoms with Gasteiger partial charge in [0.2, 0.25) is 5.91 Å². The van der Waals surface area contributed by atoms with Crippen molar-refractivity contribution >= 4 is 5.91 Å². The second kappa shape index (κ2) is 3.84. The highest BCUT2D eigenvalue weighted by Gasteiger charge is 2.53. The lowest BCUT2D eigenvalue weighted by Gasteiger charge is -2.23. The first-order valence-electron chi connectivity index (χ1n) is 6.25. The normalized spacial score (nSPS) is 25.9. The van der Waals surface area contributed by atoms with E-state index in [2.05, 4.69) is 0 Å². The average molecular weight is 231 g/mol. The third kappa shape index (κ3) is 1.75. The monoisotopic (exact) mass is 231 g/mol. The second-order valence-corrected chi connectivity index (χ2v) is 5.14. The van der Waals surface area contributed by atoms with Gasteiger partial charge in [-0.1, -0.05) is 30.3 Å². The summed E-state index contributed by atoms with van der Waals surface area (Å²) in [5.74, 6) is 0.209. The molecule has 1 aromatic rings. The van der Waals surface area contributed by atoms with Crippen molar-refractivity contribution in [1.82, 2.24) is 4.90 Å². The molecule has 1 atom stereocenters. The summed E-state index contributed by atoms with van der Waals surface area (Å²) in [6.07, 6.45) is 2.28. The molecule has 0 bridgehead atoms. The number of nitrogens with zero attached hydrogens (tertiary/aromatic N) is 1. The molecule has 1 heterocycles. The first-order valence-corrected chi connectivity index (χ1v) is 6.25. The van der Waals surface area contributed by atoms with Crippen molar-refractivity contribution < 1.29 is 9.90 Å². The molecule has 0 radical (unpaired) electrons. The topological polar surface area (TPSA) is 40.5 Å². The van der Waals surface area contributed by atoms with Gasteiger partial charge in [0.25, 0.3) is 0 Å². The molecular weight excluding hydrogens is 214 g/mol. The second-order valence-electron chi connectivity index (χ2n) is 5.14. The Labute approximate surface area is 101 Å². The lowest BCUT2D eigenvalue weighted by atomic mass is 9.94. The van der Waals surface area contributed by atoms with E-state index >= 15 is 0 Å². The molecule has 1 aliphatic heterocycles. The minimum absolute atomic E-state index is 0.209. The number of benzene rings is 1.